The Kier molecular flexibility index (Phi) is 5.90. The Morgan fingerprint density at radius 1 is 0.821 bits per heavy atom. The van der Waals surface area contributed by atoms with Gasteiger partial charge in [-0.2, -0.15) is 0 Å². The monoisotopic (exact) mass is 374 g/mol. The van der Waals surface area contributed by atoms with Gasteiger partial charge in [-0.05, 0) is 43.2 Å². The van der Waals surface area contributed by atoms with Gasteiger partial charge in [0, 0.05) is 11.1 Å². The van der Waals surface area contributed by atoms with Gasteiger partial charge in [0.2, 0.25) is 5.78 Å². The van der Waals surface area contributed by atoms with E-state index in [0.717, 1.165) is 11.1 Å². The first-order chi connectivity index (χ1) is 13.5. The maximum Gasteiger partial charge on any atom is 0.342 e. The van der Waals surface area contributed by atoms with Gasteiger partial charge in [-0.1, -0.05) is 54.6 Å². The largest absolute Gasteiger partial charge is 0.496 e. The third-order valence-corrected chi connectivity index (χ3v) is 4.68. The lowest BCUT2D eigenvalue weighted by atomic mass is 9.97. The predicted molar refractivity (Wildman–Crippen MR) is 108 cm³/mol. The van der Waals surface area contributed by atoms with Gasteiger partial charge < -0.3 is 9.47 Å². The second-order valence-corrected chi connectivity index (χ2v) is 6.56. The summed E-state index contributed by atoms with van der Waals surface area (Å²) >= 11 is 0. The zero-order valence-electron chi connectivity index (χ0n) is 16.1. The molecule has 0 unspecified atom stereocenters. The van der Waals surface area contributed by atoms with Crippen LogP contribution in [0.3, 0.4) is 0 Å². The summed E-state index contributed by atoms with van der Waals surface area (Å²) in [7, 11) is 1.49. The topological polar surface area (TPSA) is 52.6 Å². The van der Waals surface area contributed by atoms with E-state index in [4.69, 9.17) is 9.47 Å². The molecule has 4 heteroatoms. The molecule has 0 heterocycles. The fourth-order valence-electron chi connectivity index (χ4n) is 2.93. The molecule has 3 aromatic rings. The SMILES string of the molecule is COc1ccccc1C(=O)O[C@@H](C(=O)c1ccc(C)c(C)c1)c1ccccc1. The number of hydrogen-bond donors (Lipinski definition) is 0. The molecule has 1 atom stereocenters. The first-order valence-corrected chi connectivity index (χ1v) is 9.01. The number of methoxy groups -OCH3 is 1. The third kappa shape index (κ3) is 4.12. The number of esters is 1. The Bertz CT molecular complexity index is 992. The van der Waals surface area contributed by atoms with Crippen LogP contribution in [0.25, 0.3) is 0 Å². The van der Waals surface area contributed by atoms with Crippen LogP contribution in [-0.4, -0.2) is 18.9 Å². The van der Waals surface area contributed by atoms with Gasteiger partial charge in [0.05, 0.1) is 7.11 Å². The molecule has 0 spiro atoms. The minimum atomic E-state index is -1.04. The highest BCUT2D eigenvalue weighted by atomic mass is 16.5. The molecule has 0 saturated heterocycles. The summed E-state index contributed by atoms with van der Waals surface area (Å²) in [6.45, 7) is 3.93. The number of carbonyl (C=O) groups is 2. The Morgan fingerprint density at radius 2 is 1.50 bits per heavy atom. The lowest BCUT2D eigenvalue weighted by Crippen LogP contribution is -2.21. The molecule has 0 amide bonds. The predicted octanol–water partition coefficient (Wildman–Crippen LogP) is 5.09. The zero-order chi connectivity index (χ0) is 20.1. The average Bonchev–Trinajstić information content (AvgIpc) is 2.74. The summed E-state index contributed by atoms with van der Waals surface area (Å²) in [5, 5.41) is 0. The molecule has 0 radical (unpaired) electrons. The molecular formula is C24H22O4. The van der Waals surface area contributed by atoms with Crippen molar-refractivity contribution in [1.29, 1.82) is 0 Å². The number of Topliss-reactive ketones (excluding diaryl/α,β-unsaturated/α-hetero) is 1. The summed E-state index contributed by atoms with van der Waals surface area (Å²) in [4.78, 5) is 26.0. The number of hydrogen-bond acceptors (Lipinski definition) is 4. The molecule has 0 bridgehead atoms. The number of ether oxygens (including phenoxy) is 2. The fourth-order valence-corrected chi connectivity index (χ4v) is 2.93. The standard InChI is InChI=1S/C24H22O4/c1-16-13-14-19(15-17(16)2)22(25)23(18-9-5-4-6-10-18)28-24(26)20-11-7-8-12-21(20)27-3/h4-15,23H,1-3H3/t23-/m1/s1. The molecule has 142 valence electrons. The maximum absolute atomic E-state index is 13.2. The van der Waals surface area contributed by atoms with Crippen LogP contribution in [-0.2, 0) is 4.74 Å². The van der Waals surface area contributed by atoms with Crippen molar-refractivity contribution in [2.45, 2.75) is 20.0 Å². The van der Waals surface area contributed by atoms with Crippen LogP contribution in [0, 0.1) is 13.8 Å². The van der Waals surface area contributed by atoms with Crippen LogP contribution in [0.4, 0.5) is 0 Å². The molecule has 0 aliphatic rings. The Balaban J connectivity index is 1.97. The van der Waals surface area contributed by atoms with Crippen molar-refractivity contribution in [3.8, 4) is 5.75 Å². The summed E-state index contributed by atoms with van der Waals surface area (Å²) in [5.74, 6) is -0.473. The van der Waals surface area contributed by atoms with Gasteiger partial charge in [0.1, 0.15) is 11.3 Å². The molecule has 0 N–H and O–H groups in total. The van der Waals surface area contributed by atoms with E-state index in [0.29, 0.717) is 16.9 Å². The number of ketones is 1. The van der Waals surface area contributed by atoms with Crippen molar-refractivity contribution in [3.63, 3.8) is 0 Å². The van der Waals surface area contributed by atoms with Gasteiger partial charge in [0.15, 0.2) is 6.10 Å². The Hall–Kier alpha value is -3.40. The third-order valence-electron chi connectivity index (χ3n) is 4.68. The molecule has 0 aromatic heterocycles. The Morgan fingerprint density at radius 3 is 2.18 bits per heavy atom. The van der Waals surface area contributed by atoms with E-state index in [2.05, 4.69) is 0 Å². The van der Waals surface area contributed by atoms with E-state index >= 15 is 0 Å². The molecule has 3 rings (SSSR count). The number of para-hydroxylation sites is 1. The van der Waals surface area contributed by atoms with E-state index < -0.39 is 12.1 Å². The van der Waals surface area contributed by atoms with Gasteiger partial charge in [0.25, 0.3) is 0 Å². The van der Waals surface area contributed by atoms with E-state index in [1.807, 2.05) is 44.2 Å². The first-order valence-electron chi connectivity index (χ1n) is 9.01. The van der Waals surface area contributed by atoms with Gasteiger partial charge >= 0.3 is 5.97 Å². The average molecular weight is 374 g/mol. The van der Waals surface area contributed by atoms with Gasteiger partial charge in [-0.3, -0.25) is 4.79 Å². The van der Waals surface area contributed by atoms with Crippen molar-refractivity contribution in [3.05, 3.63) is 101 Å². The highest BCUT2D eigenvalue weighted by molar-refractivity contribution is 6.02. The van der Waals surface area contributed by atoms with Crippen LogP contribution in [0.5, 0.6) is 5.75 Å². The molecule has 0 aliphatic heterocycles. The van der Waals surface area contributed by atoms with Crippen LogP contribution in [0.15, 0.2) is 72.8 Å². The second-order valence-electron chi connectivity index (χ2n) is 6.56. The molecule has 28 heavy (non-hydrogen) atoms. The minimum Gasteiger partial charge on any atom is -0.496 e. The molecule has 0 aliphatic carbocycles. The normalized spacial score (nSPS) is 11.5. The zero-order valence-corrected chi connectivity index (χ0v) is 16.1. The number of benzene rings is 3. The summed E-state index contributed by atoms with van der Waals surface area (Å²) in [6.07, 6.45) is -1.04. The van der Waals surface area contributed by atoms with E-state index in [-0.39, 0.29) is 11.3 Å². The van der Waals surface area contributed by atoms with Crippen molar-refractivity contribution in [1.82, 2.24) is 0 Å². The van der Waals surface area contributed by atoms with E-state index in [1.165, 1.54) is 7.11 Å². The van der Waals surface area contributed by atoms with Crippen LogP contribution in [0.2, 0.25) is 0 Å². The molecule has 0 saturated carbocycles. The highest BCUT2D eigenvalue weighted by Gasteiger charge is 2.28. The molecule has 3 aromatic carbocycles. The first kappa shape index (κ1) is 19.4. The highest BCUT2D eigenvalue weighted by Crippen LogP contribution is 2.27. The molecule has 4 nitrogen and oxygen atoms in total. The maximum atomic E-state index is 13.2. The van der Waals surface area contributed by atoms with Crippen LogP contribution < -0.4 is 4.74 Å². The van der Waals surface area contributed by atoms with Gasteiger partial charge in [-0.15, -0.1) is 0 Å². The molecular weight excluding hydrogens is 352 g/mol. The number of rotatable bonds is 6. The summed E-state index contributed by atoms with van der Waals surface area (Å²) in [6, 6.07) is 21.3. The summed E-state index contributed by atoms with van der Waals surface area (Å²) in [5.41, 5.74) is 3.50. The van der Waals surface area contributed by atoms with Crippen LogP contribution >= 0.6 is 0 Å². The van der Waals surface area contributed by atoms with Crippen molar-refractivity contribution >= 4 is 11.8 Å². The smallest absolute Gasteiger partial charge is 0.342 e. The van der Waals surface area contributed by atoms with Crippen LogP contribution in [0.1, 0.15) is 43.5 Å². The minimum absolute atomic E-state index is 0.266. The van der Waals surface area contributed by atoms with Crippen molar-refractivity contribution in [2.75, 3.05) is 7.11 Å². The van der Waals surface area contributed by atoms with E-state index in [9.17, 15) is 9.59 Å². The van der Waals surface area contributed by atoms with Crippen molar-refractivity contribution in [2.24, 2.45) is 0 Å². The lowest BCUT2D eigenvalue weighted by Gasteiger charge is -2.18. The van der Waals surface area contributed by atoms with Gasteiger partial charge in [-0.25, -0.2) is 4.79 Å². The Labute approximate surface area is 164 Å². The van der Waals surface area contributed by atoms with E-state index in [1.54, 1.807) is 42.5 Å². The van der Waals surface area contributed by atoms with Crippen molar-refractivity contribution < 1.29 is 19.1 Å². The number of aryl methyl sites for hydroxylation is 2. The lowest BCUT2D eigenvalue weighted by molar-refractivity contribution is 0.0277. The molecule has 0 fully saturated rings. The second kappa shape index (κ2) is 8.53. The quantitative estimate of drug-likeness (QED) is 0.445. The number of carbonyl (C=O) groups excluding carboxylic acids is 2. The summed E-state index contributed by atoms with van der Waals surface area (Å²) < 4.78 is 10.9. The fraction of sp³-hybridized carbons (Fsp3) is 0.167.